The van der Waals surface area contributed by atoms with Gasteiger partial charge in [0.1, 0.15) is 10.7 Å². The van der Waals surface area contributed by atoms with E-state index in [4.69, 9.17) is 4.52 Å². The zero-order valence-electron chi connectivity index (χ0n) is 10.4. The Bertz CT molecular complexity index is 650. The fraction of sp³-hybridized carbons (Fsp3) is 0.300. The van der Waals surface area contributed by atoms with Crippen LogP contribution in [0.1, 0.15) is 11.7 Å². The summed E-state index contributed by atoms with van der Waals surface area (Å²) in [6, 6.07) is 3.03. The number of nitrogens with zero attached hydrogens (tertiary/aromatic N) is 3. The van der Waals surface area contributed by atoms with Crippen molar-refractivity contribution < 1.29 is 12.9 Å². The number of hydrogen-bond donors (Lipinski definition) is 2. The first-order chi connectivity index (χ1) is 9.01. The van der Waals surface area contributed by atoms with E-state index in [2.05, 4.69) is 25.2 Å². The van der Waals surface area contributed by atoms with Crippen LogP contribution in [-0.2, 0) is 16.6 Å². The number of sulfonamides is 1. The predicted molar refractivity (Wildman–Crippen MR) is 66.8 cm³/mol. The molecule has 0 amide bonds. The van der Waals surface area contributed by atoms with Gasteiger partial charge in [0.05, 0.1) is 6.54 Å². The molecular formula is C10H13N5O3S. The molecule has 2 aromatic rings. The molecule has 0 aliphatic carbocycles. The summed E-state index contributed by atoms with van der Waals surface area (Å²) in [5.41, 5.74) is 0. The average molecular weight is 283 g/mol. The molecule has 0 spiro atoms. The molecule has 2 rings (SSSR count). The molecule has 0 saturated carbocycles. The molecule has 0 unspecified atom stereocenters. The third kappa shape index (κ3) is 3.26. The van der Waals surface area contributed by atoms with Crippen LogP contribution in [0.5, 0.6) is 0 Å². The van der Waals surface area contributed by atoms with E-state index in [0.717, 1.165) is 0 Å². The highest BCUT2D eigenvalue weighted by atomic mass is 32.2. The fourth-order valence-electron chi connectivity index (χ4n) is 1.34. The average Bonchev–Trinajstić information content (AvgIpc) is 2.82. The van der Waals surface area contributed by atoms with Gasteiger partial charge in [0, 0.05) is 13.2 Å². The third-order valence-corrected chi connectivity index (χ3v) is 3.67. The molecule has 2 heterocycles. The van der Waals surface area contributed by atoms with Crippen molar-refractivity contribution in [3.63, 3.8) is 0 Å². The van der Waals surface area contributed by atoms with Crippen LogP contribution in [0.2, 0.25) is 0 Å². The van der Waals surface area contributed by atoms with Crippen LogP contribution in [0.25, 0.3) is 0 Å². The molecule has 2 aromatic heterocycles. The van der Waals surface area contributed by atoms with Crippen molar-refractivity contribution in [2.24, 2.45) is 0 Å². The summed E-state index contributed by atoms with van der Waals surface area (Å²) < 4.78 is 31.1. The third-order valence-electron chi connectivity index (χ3n) is 2.29. The van der Waals surface area contributed by atoms with E-state index in [0.29, 0.717) is 11.6 Å². The molecule has 0 radical (unpaired) electrons. The number of aromatic nitrogens is 3. The Hall–Kier alpha value is -2.00. The molecule has 8 nitrogen and oxygen atoms in total. The van der Waals surface area contributed by atoms with E-state index in [9.17, 15) is 8.42 Å². The Morgan fingerprint density at radius 1 is 1.37 bits per heavy atom. The topological polar surface area (TPSA) is 110 Å². The molecular weight excluding hydrogens is 270 g/mol. The van der Waals surface area contributed by atoms with Crippen molar-refractivity contribution in [2.45, 2.75) is 18.4 Å². The lowest BCUT2D eigenvalue weighted by atomic mass is 10.5. The van der Waals surface area contributed by atoms with Crippen LogP contribution in [0, 0.1) is 6.92 Å². The smallest absolute Gasteiger partial charge is 0.242 e. The minimum absolute atomic E-state index is 0.0586. The summed E-state index contributed by atoms with van der Waals surface area (Å²) in [4.78, 5) is 7.92. The monoisotopic (exact) mass is 283 g/mol. The van der Waals surface area contributed by atoms with Gasteiger partial charge in [-0.05, 0) is 19.1 Å². The SMILES string of the molecule is CNc1ccc(S(=O)(=O)NCc2nc(C)no2)cn1. The van der Waals surface area contributed by atoms with Crippen LogP contribution in [-0.4, -0.2) is 30.6 Å². The van der Waals surface area contributed by atoms with Gasteiger partial charge in [0.25, 0.3) is 0 Å². The van der Waals surface area contributed by atoms with Crippen LogP contribution in [0.15, 0.2) is 27.7 Å². The standard InChI is InChI=1S/C10H13N5O3S/c1-7-14-10(18-15-7)6-13-19(16,17)8-3-4-9(11-2)12-5-8/h3-5,13H,6H2,1-2H3,(H,11,12). The van der Waals surface area contributed by atoms with Gasteiger partial charge in [0.2, 0.25) is 15.9 Å². The van der Waals surface area contributed by atoms with Gasteiger partial charge in [-0.25, -0.2) is 18.1 Å². The minimum Gasteiger partial charge on any atom is -0.373 e. The minimum atomic E-state index is -3.64. The van der Waals surface area contributed by atoms with Gasteiger partial charge < -0.3 is 9.84 Å². The number of anilines is 1. The zero-order valence-corrected chi connectivity index (χ0v) is 11.2. The first kappa shape index (κ1) is 13.4. The Labute approximate surface area is 110 Å². The molecule has 9 heteroatoms. The van der Waals surface area contributed by atoms with Crippen molar-refractivity contribution in [1.82, 2.24) is 19.8 Å². The first-order valence-electron chi connectivity index (χ1n) is 5.44. The van der Waals surface area contributed by atoms with E-state index in [1.807, 2.05) is 0 Å². The highest BCUT2D eigenvalue weighted by molar-refractivity contribution is 7.89. The molecule has 0 bridgehead atoms. The second kappa shape index (κ2) is 5.33. The number of hydrogen-bond acceptors (Lipinski definition) is 7. The molecule has 0 fully saturated rings. The maximum absolute atomic E-state index is 12.0. The second-order valence-corrected chi connectivity index (χ2v) is 5.46. The zero-order chi connectivity index (χ0) is 13.9. The van der Waals surface area contributed by atoms with Gasteiger partial charge >= 0.3 is 0 Å². The van der Waals surface area contributed by atoms with Crippen molar-refractivity contribution >= 4 is 15.8 Å². The first-order valence-corrected chi connectivity index (χ1v) is 6.92. The lowest BCUT2D eigenvalue weighted by molar-refractivity contribution is 0.372. The predicted octanol–water partition coefficient (Wildman–Crippen LogP) is 0.293. The summed E-state index contributed by atoms with van der Waals surface area (Å²) >= 11 is 0. The summed E-state index contributed by atoms with van der Waals surface area (Å²) in [5.74, 6) is 1.25. The van der Waals surface area contributed by atoms with Crippen LogP contribution >= 0.6 is 0 Å². The normalized spacial score (nSPS) is 11.5. The van der Waals surface area contributed by atoms with E-state index >= 15 is 0 Å². The molecule has 0 atom stereocenters. The second-order valence-electron chi connectivity index (χ2n) is 3.69. The number of rotatable bonds is 5. The van der Waals surface area contributed by atoms with E-state index in [1.165, 1.54) is 12.3 Å². The summed E-state index contributed by atoms with van der Waals surface area (Å²) in [6.45, 7) is 1.60. The van der Waals surface area contributed by atoms with E-state index in [-0.39, 0.29) is 17.3 Å². The Morgan fingerprint density at radius 3 is 2.68 bits per heavy atom. The van der Waals surface area contributed by atoms with Gasteiger partial charge in [0.15, 0.2) is 5.82 Å². The number of nitrogens with one attached hydrogen (secondary N) is 2. The quantitative estimate of drug-likeness (QED) is 0.811. The van der Waals surface area contributed by atoms with Gasteiger partial charge in [-0.1, -0.05) is 5.16 Å². The van der Waals surface area contributed by atoms with Crippen molar-refractivity contribution in [3.05, 3.63) is 30.0 Å². The maximum atomic E-state index is 12.0. The molecule has 0 aliphatic rings. The van der Waals surface area contributed by atoms with Crippen LogP contribution in [0.3, 0.4) is 0 Å². The molecule has 19 heavy (non-hydrogen) atoms. The highest BCUT2D eigenvalue weighted by Crippen LogP contribution is 2.10. The van der Waals surface area contributed by atoms with Crippen molar-refractivity contribution in [2.75, 3.05) is 12.4 Å². The molecule has 0 aromatic carbocycles. The van der Waals surface area contributed by atoms with Crippen molar-refractivity contribution in [1.29, 1.82) is 0 Å². The summed E-state index contributed by atoms with van der Waals surface area (Å²) in [5, 5.41) is 6.38. The van der Waals surface area contributed by atoms with Gasteiger partial charge in [-0.3, -0.25) is 0 Å². The van der Waals surface area contributed by atoms with Crippen molar-refractivity contribution in [3.8, 4) is 0 Å². The lowest BCUT2D eigenvalue weighted by Crippen LogP contribution is -2.23. The van der Waals surface area contributed by atoms with Gasteiger partial charge in [-0.2, -0.15) is 4.98 Å². The van der Waals surface area contributed by atoms with Crippen LogP contribution < -0.4 is 10.0 Å². The number of pyridine rings is 1. The highest BCUT2D eigenvalue weighted by Gasteiger charge is 2.15. The maximum Gasteiger partial charge on any atom is 0.242 e. The molecule has 102 valence electrons. The van der Waals surface area contributed by atoms with E-state index in [1.54, 1.807) is 20.0 Å². The van der Waals surface area contributed by atoms with Crippen LogP contribution in [0.4, 0.5) is 5.82 Å². The van der Waals surface area contributed by atoms with Gasteiger partial charge in [-0.15, -0.1) is 0 Å². The molecule has 0 saturated heterocycles. The Kier molecular flexibility index (Phi) is 3.76. The lowest BCUT2D eigenvalue weighted by Gasteiger charge is -2.05. The summed E-state index contributed by atoms with van der Waals surface area (Å²) in [7, 11) is -1.94. The Balaban J connectivity index is 2.09. The largest absolute Gasteiger partial charge is 0.373 e. The molecule has 0 aliphatic heterocycles. The van der Waals surface area contributed by atoms with E-state index < -0.39 is 10.0 Å². The summed E-state index contributed by atoms with van der Waals surface area (Å²) in [6.07, 6.45) is 1.27. The molecule has 2 N–H and O–H groups in total. The number of aryl methyl sites for hydroxylation is 1. The Morgan fingerprint density at radius 2 is 2.16 bits per heavy atom. The fourth-order valence-corrected chi connectivity index (χ4v) is 2.26.